The summed E-state index contributed by atoms with van der Waals surface area (Å²) in [5.74, 6) is -0.376. The maximum Gasteiger partial charge on any atom is 0.435 e. The molecule has 9 heteroatoms. The summed E-state index contributed by atoms with van der Waals surface area (Å²) in [6.45, 7) is 3.84. The molecule has 0 unspecified atom stereocenters. The highest BCUT2D eigenvalue weighted by Gasteiger charge is 2.37. The fourth-order valence-corrected chi connectivity index (χ4v) is 2.49. The van der Waals surface area contributed by atoms with Gasteiger partial charge in [-0.3, -0.25) is 9.59 Å². The van der Waals surface area contributed by atoms with Gasteiger partial charge in [-0.15, -0.1) is 0 Å². The van der Waals surface area contributed by atoms with Gasteiger partial charge in [0, 0.05) is 12.1 Å². The Kier molecular flexibility index (Phi) is 3.05. The summed E-state index contributed by atoms with van der Waals surface area (Å²) in [6.07, 6.45) is -3.94. The number of carbonyl (C=O) groups is 1. The van der Waals surface area contributed by atoms with Crippen LogP contribution in [0.15, 0.2) is 10.9 Å². The summed E-state index contributed by atoms with van der Waals surface area (Å²) in [4.78, 5) is 28.7. The van der Waals surface area contributed by atoms with E-state index in [1.165, 1.54) is 4.90 Å². The largest absolute Gasteiger partial charge is 0.435 e. The second-order valence-corrected chi connectivity index (χ2v) is 5.30. The van der Waals surface area contributed by atoms with Crippen molar-refractivity contribution in [2.24, 2.45) is 0 Å². The van der Waals surface area contributed by atoms with Crippen molar-refractivity contribution in [2.45, 2.75) is 39.0 Å². The number of aromatic amines is 1. The fourth-order valence-electron chi connectivity index (χ4n) is 2.49. The molecular weight excluding hydrogens is 301 g/mol. The van der Waals surface area contributed by atoms with Crippen LogP contribution in [0, 0.1) is 0 Å². The summed E-state index contributed by atoms with van der Waals surface area (Å²) < 4.78 is 38.7. The van der Waals surface area contributed by atoms with Crippen molar-refractivity contribution in [3.05, 3.63) is 33.4 Å². The van der Waals surface area contributed by atoms with Crippen molar-refractivity contribution in [3.8, 4) is 0 Å². The van der Waals surface area contributed by atoms with Gasteiger partial charge in [-0.1, -0.05) is 6.92 Å². The van der Waals surface area contributed by atoms with Gasteiger partial charge in [-0.25, -0.2) is 0 Å². The summed E-state index contributed by atoms with van der Waals surface area (Å²) in [6, 6.07) is 0.659. The SMILES string of the molecule is CC[C@@H](C)N1Cc2c([nH]c3cc(C(F)(F)F)nn3c2=O)C1=O. The summed E-state index contributed by atoms with van der Waals surface area (Å²) in [5, 5.41) is 3.29. The molecule has 1 amide bonds. The smallest absolute Gasteiger partial charge is 0.335 e. The van der Waals surface area contributed by atoms with Gasteiger partial charge in [0.05, 0.1) is 12.1 Å². The molecule has 0 fully saturated rings. The molecule has 1 aliphatic heterocycles. The minimum atomic E-state index is -4.65. The Balaban J connectivity index is 2.16. The number of carbonyl (C=O) groups excluding carboxylic acids is 1. The highest BCUT2D eigenvalue weighted by molar-refractivity contribution is 5.97. The van der Waals surface area contributed by atoms with Gasteiger partial charge < -0.3 is 9.88 Å². The van der Waals surface area contributed by atoms with Gasteiger partial charge in [0.15, 0.2) is 5.69 Å². The molecule has 2 aromatic rings. The molecular formula is C13H13F3N4O2. The van der Waals surface area contributed by atoms with Crippen molar-refractivity contribution in [2.75, 3.05) is 0 Å². The Morgan fingerprint density at radius 1 is 1.41 bits per heavy atom. The number of halogens is 3. The summed E-state index contributed by atoms with van der Waals surface area (Å²) in [5.41, 5.74) is -1.81. The average Bonchev–Trinajstić information content (AvgIpc) is 3.01. The summed E-state index contributed by atoms with van der Waals surface area (Å²) >= 11 is 0. The molecule has 0 aliphatic carbocycles. The van der Waals surface area contributed by atoms with Crippen LogP contribution < -0.4 is 5.56 Å². The van der Waals surface area contributed by atoms with E-state index in [0.717, 1.165) is 6.07 Å². The zero-order valence-electron chi connectivity index (χ0n) is 11.9. The number of fused-ring (bicyclic) bond motifs is 2. The van der Waals surface area contributed by atoms with E-state index in [9.17, 15) is 22.8 Å². The molecule has 2 aromatic heterocycles. The van der Waals surface area contributed by atoms with Gasteiger partial charge in [0.25, 0.3) is 11.5 Å². The normalized spacial score (nSPS) is 16.4. The average molecular weight is 314 g/mol. The fraction of sp³-hybridized carbons (Fsp3) is 0.462. The van der Waals surface area contributed by atoms with Gasteiger partial charge in [-0.2, -0.15) is 22.8 Å². The van der Waals surface area contributed by atoms with E-state index in [1.54, 1.807) is 0 Å². The Bertz CT molecular complexity index is 821. The number of hydrogen-bond donors (Lipinski definition) is 1. The third-order valence-electron chi connectivity index (χ3n) is 3.93. The van der Waals surface area contributed by atoms with Crippen LogP contribution in [0.2, 0.25) is 0 Å². The molecule has 0 radical (unpaired) electrons. The minimum Gasteiger partial charge on any atom is -0.335 e. The van der Waals surface area contributed by atoms with Gasteiger partial charge >= 0.3 is 6.18 Å². The van der Waals surface area contributed by atoms with Crippen molar-refractivity contribution in [1.82, 2.24) is 19.5 Å². The first-order valence-corrected chi connectivity index (χ1v) is 6.77. The Morgan fingerprint density at radius 3 is 2.68 bits per heavy atom. The first kappa shape index (κ1) is 14.6. The van der Waals surface area contributed by atoms with Gasteiger partial charge in [-0.05, 0) is 13.3 Å². The predicted molar refractivity (Wildman–Crippen MR) is 70.4 cm³/mol. The number of rotatable bonds is 2. The number of nitrogens with zero attached hydrogens (tertiary/aromatic N) is 3. The van der Waals surface area contributed by atoms with Crippen molar-refractivity contribution < 1.29 is 18.0 Å². The Labute approximate surface area is 122 Å². The highest BCUT2D eigenvalue weighted by atomic mass is 19.4. The predicted octanol–water partition coefficient (Wildman–Crippen LogP) is 1.80. The minimum absolute atomic E-state index is 0.0476. The van der Waals surface area contributed by atoms with Crippen LogP contribution in [0.1, 0.15) is 42.0 Å². The molecule has 22 heavy (non-hydrogen) atoms. The van der Waals surface area contributed by atoms with Crippen LogP contribution in [0.25, 0.3) is 5.65 Å². The van der Waals surface area contributed by atoms with Crippen molar-refractivity contribution >= 4 is 11.6 Å². The van der Waals surface area contributed by atoms with Crippen LogP contribution in [-0.4, -0.2) is 31.4 Å². The molecule has 0 saturated carbocycles. The van der Waals surface area contributed by atoms with E-state index >= 15 is 0 Å². The second kappa shape index (κ2) is 4.59. The number of H-pyrrole nitrogens is 1. The number of amides is 1. The molecule has 0 saturated heterocycles. The van der Waals surface area contributed by atoms with Crippen LogP contribution in [-0.2, 0) is 12.7 Å². The number of nitrogens with one attached hydrogen (secondary N) is 1. The number of hydrogen-bond acceptors (Lipinski definition) is 3. The monoisotopic (exact) mass is 314 g/mol. The van der Waals surface area contributed by atoms with Gasteiger partial charge in [0.1, 0.15) is 11.3 Å². The molecule has 0 spiro atoms. The lowest BCUT2D eigenvalue weighted by Gasteiger charge is -2.22. The standard InChI is InChI=1S/C13H13F3N4O2/c1-3-6(2)19-5-7-10(12(19)22)17-9-4-8(13(14,15)16)18-20(9)11(7)21/h4,6,17H,3,5H2,1-2H3/t6-/m1/s1. The van der Waals surface area contributed by atoms with Crippen molar-refractivity contribution in [3.63, 3.8) is 0 Å². The molecule has 0 bridgehead atoms. The van der Waals surface area contributed by atoms with E-state index < -0.39 is 17.4 Å². The quantitative estimate of drug-likeness (QED) is 0.919. The van der Waals surface area contributed by atoms with Gasteiger partial charge in [0.2, 0.25) is 0 Å². The molecule has 0 aromatic carbocycles. The van der Waals surface area contributed by atoms with E-state index in [0.29, 0.717) is 10.9 Å². The van der Waals surface area contributed by atoms with E-state index in [2.05, 4.69) is 10.1 Å². The Hall–Kier alpha value is -2.32. The Morgan fingerprint density at radius 2 is 2.09 bits per heavy atom. The van der Waals surface area contributed by atoms with Crippen LogP contribution in [0.4, 0.5) is 13.2 Å². The lowest BCUT2D eigenvalue weighted by Crippen LogP contribution is -2.33. The topological polar surface area (TPSA) is 70.5 Å². The molecule has 1 N–H and O–H groups in total. The third kappa shape index (κ3) is 1.99. The zero-order chi connectivity index (χ0) is 16.2. The molecule has 118 valence electrons. The zero-order valence-corrected chi connectivity index (χ0v) is 11.9. The highest BCUT2D eigenvalue weighted by Crippen LogP contribution is 2.29. The molecule has 1 atom stereocenters. The maximum atomic E-state index is 12.7. The number of aromatic nitrogens is 3. The molecule has 3 rings (SSSR count). The summed E-state index contributed by atoms with van der Waals surface area (Å²) in [7, 11) is 0. The molecule has 3 heterocycles. The van der Waals surface area contributed by atoms with Crippen molar-refractivity contribution in [1.29, 1.82) is 0 Å². The van der Waals surface area contributed by atoms with Crippen LogP contribution in [0.3, 0.4) is 0 Å². The van der Waals surface area contributed by atoms with E-state index in [4.69, 9.17) is 0 Å². The number of alkyl halides is 3. The first-order valence-electron chi connectivity index (χ1n) is 6.77. The van der Waals surface area contributed by atoms with E-state index in [-0.39, 0.29) is 35.4 Å². The first-order chi connectivity index (χ1) is 10.2. The van der Waals surface area contributed by atoms with E-state index in [1.807, 2.05) is 13.8 Å². The third-order valence-corrected chi connectivity index (χ3v) is 3.93. The molecule has 6 nitrogen and oxygen atoms in total. The lowest BCUT2D eigenvalue weighted by molar-refractivity contribution is -0.141. The lowest BCUT2D eigenvalue weighted by atomic mass is 10.2. The second-order valence-electron chi connectivity index (χ2n) is 5.30. The van der Waals surface area contributed by atoms with Crippen LogP contribution >= 0.6 is 0 Å². The maximum absolute atomic E-state index is 12.7. The molecule has 1 aliphatic rings. The van der Waals surface area contributed by atoms with Crippen LogP contribution in [0.5, 0.6) is 0 Å².